The fourth-order valence-corrected chi connectivity index (χ4v) is 4.01. The summed E-state index contributed by atoms with van der Waals surface area (Å²) in [7, 11) is 1.61. The van der Waals surface area contributed by atoms with Crippen molar-refractivity contribution in [3.63, 3.8) is 0 Å². The largest absolute Gasteiger partial charge is 0.497 e. The Kier molecular flexibility index (Phi) is 5.74. The quantitative estimate of drug-likeness (QED) is 0.815. The Balaban J connectivity index is 1.59. The van der Waals surface area contributed by atoms with Gasteiger partial charge in [-0.05, 0) is 48.4 Å². The van der Waals surface area contributed by atoms with E-state index >= 15 is 0 Å². The second-order valence-electron chi connectivity index (χ2n) is 6.08. The number of rotatable bonds is 5. The van der Waals surface area contributed by atoms with Gasteiger partial charge in [0.15, 0.2) is 0 Å². The molecule has 0 fully saturated rings. The molecule has 3 rings (SSSR count). The van der Waals surface area contributed by atoms with Crippen LogP contribution in [-0.4, -0.2) is 24.2 Å². The number of anilines is 1. The van der Waals surface area contributed by atoms with Crippen molar-refractivity contribution in [2.45, 2.75) is 30.0 Å². The Morgan fingerprint density at radius 2 is 2.12 bits per heavy atom. The van der Waals surface area contributed by atoms with Gasteiger partial charge in [-0.3, -0.25) is 9.59 Å². The molecule has 1 heterocycles. The molecule has 0 saturated heterocycles. The molecule has 2 aromatic carbocycles. The first-order valence-corrected chi connectivity index (χ1v) is 9.38. The first kappa shape index (κ1) is 18.6. The lowest BCUT2D eigenvalue weighted by molar-refractivity contribution is -0.124. The number of ether oxygens (including phenoxy) is 1. The van der Waals surface area contributed by atoms with Crippen LogP contribution in [0.1, 0.15) is 17.5 Å². The molecule has 0 radical (unpaired) electrons. The number of hydrogen-bond donors (Lipinski definition) is 2. The van der Waals surface area contributed by atoms with Gasteiger partial charge in [0.25, 0.3) is 0 Å². The molecule has 26 heavy (non-hydrogen) atoms. The summed E-state index contributed by atoms with van der Waals surface area (Å²) in [6.07, 6.45) is 0.113. The predicted molar refractivity (Wildman–Crippen MR) is 104 cm³/mol. The molecule has 2 aromatic rings. The fourth-order valence-electron chi connectivity index (χ4n) is 2.74. The summed E-state index contributed by atoms with van der Waals surface area (Å²) in [5.74, 6) is 0.402. The van der Waals surface area contributed by atoms with Crippen LogP contribution in [0.25, 0.3) is 0 Å². The van der Waals surface area contributed by atoms with Gasteiger partial charge in [-0.2, -0.15) is 0 Å². The SMILES string of the molecule is COc1cc(C)cc(CNC(=O)CC2Sc3ccc(Cl)cc3NC2=O)c1. The molecule has 136 valence electrons. The molecule has 0 aromatic heterocycles. The van der Waals surface area contributed by atoms with E-state index in [-0.39, 0.29) is 18.2 Å². The summed E-state index contributed by atoms with van der Waals surface area (Å²) >= 11 is 7.32. The minimum atomic E-state index is -0.462. The first-order chi connectivity index (χ1) is 12.4. The molecule has 0 bridgehead atoms. The summed E-state index contributed by atoms with van der Waals surface area (Å²) in [5.41, 5.74) is 2.71. The van der Waals surface area contributed by atoms with Crippen LogP contribution in [0.4, 0.5) is 5.69 Å². The Hall–Kier alpha value is -2.18. The monoisotopic (exact) mass is 390 g/mol. The van der Waals surface area contributed by atoms with E-state index in [0.717, 1.165) is 21.8 Å². The van der Waals surface area contributed by atoms with E-state index in [0.29, 0.717) is 17.3 Å². The number of carbonyl (C=O) groups is 2. The zero-order valence-electron chi connectivity index (χ0n) is 14.5. The topological polar surface area (TPSA) is 67.4 Å². The molecule has 1 aliphatic rings. The molecular formula is C19H19ClN2O3S. The van der Waals surface area contributed by atoms with Gasteiger partial charge >= 0.3 is 0 Å². The van der Waals surface area contributed by atoms with E-state index in [2.05, 4.69) is 10.6 Å². The Morgan fingerprint density at radius 3 is 2.88 bits per heavy atom. The van der Waals surface area contributed by atoms with E-state index in [1.165, 1.54) is 11.8 Å². The Morgan fingerprint density at radius 1 is 1.31 bits per heavy atom. The number of thioether (sulfide) groups is 1. The maximum absolute atomic E-state index is 12.3. The Bertz CT molecular complexity index is 857. The highest BCUT2D eigenvalue weighted by Gasteiger charge is 2.29. The predicted octanol–water partition coefficient (Wildman–Crippen LogP) is 3.78. The molecule has 0 spiro atoms. The summed E-state index contributed by atoms with van der Waals surface area (Å²) in [5, 5.41) is 5.78. The van der Waals surface area contributed by atoms with Gasteiger partial charge in [0.2, 0.25) is 11.8 Å². The van der Waals surface area contributed by atoms with Gasteiger partial charge in [-0.25, -0.2) is 0 Å². The highest BCUT2D eigenvalue weighted by atomic mass is 35.5. The van der Waals surface area contributed by atoms with Crippen LogP contribution < -0.4 is 15.4 Å². The van der Waals surface area contributed by atoms with Crippen LogP contribution in [0.3, 0.4) is 0 Å². The number of amides is 2. The van der Waals surface area contributed by atoms with Crippen molar-refractivity contribution >= 4 is 40.9 Å². The van der Waals surface area contributed by atoms with Crippen molar-refractivity contribution in [1.82, 2.24) is 5.32 Å². The van der Waals surface area contributed by atoms with Crippen LogP contribution in [0.2, 0.25) is 5.02 Å². The normalized spacial score (nSPS) is 15.8. The van der Waals surface area contributed by atoms with Crippen molar-refractivity contribution in [1.29, 1.82) is 0 Å². The second kappa shape index (κ2) is 8.01. The lowest BCUT2D eigenvalue weighted by Gasteiger charge is -2.23. The third-order valence-corrected chi connectivity index (χ3v) is 5.48. The molecule has 1 atom stereocenters. The lowest BCUT2D eigenvalue weighted by atomic mass is 10.1. The van der Waals surface area contributed by atoms with E-state index in [1.807, 2.05) is 31.2 Å². The van der Waals surface area contributed by atoms with Crippen LogP contribution in [0, 0.1) is 6.92 Å². The maximum atomic E-state index is 12.3. The molecular weight excluding hydrogens is 372 g/mol. The fraction of sp³-hybridized carbons (Fsp3) is 0.263. The van der Waals surface area contributed by atoms with Gasteiger partial charge in [-0.1, -0.05) is 17.7 Å². The molecule has 0 saturated carbocycles. The number of hydrogen-bond acceptors (Lipinski definition) is 4. The van der Waals surface area contributed by atoms with E-state index in [1.54, 1.807) is 19.2 Å². The van der Waals surface area contributed by atoms with Crippen molar-refractivity contribution in [3.05, 3.63) is 52.5 Å². The lowest BCUT2D eigenvalue weighted by Crippen LogP contribution is -2.34. The van der Waals surface area contributed by atoms with Gasteiger partial charge in [-0.15, -0.1) is 11.8 Å². The zero-order valence-corrected chi connectivity index (χ0v) is 16.0. The highest BCUT2D eigenvalue weighted by Crippen LogP contribution is 2.38. The van der Waals surface area contributed by atoms with Gasteiger partial charge in [0.05, 0.1) is 18.0 Å². The zero-order chi connectivity index (χ0) is 18.7. The number of carbonyl (C=O) groups excluding carboxylic acids is 2. The van der Waals surface area contributed by atoms with Gasteiger partial charge in [0, 0.05) is 22.9 Å². The molecule has 2 amide bonds. The minimum absolute atomic E-state index is 0.113. The van der Waals surface area contributed by atoms with Crippen LogP contribution >= 0.6 is 23.4 Å². The minimum Gasteiger partial charge on any atom is -0.497 e. The van der Waals surface area contributed by atoms with Gasteiger partial charge in [0.1, 0.15) is 5.75 Å². The third kappa shape index (κ3) is 4.51. The molecule has 1 aliphatic heterocycles. The highest BCUT2D eigenvalue weighted by molar-refractivity contribution is 8.01. The maximum Gasteiger partial charge on any atom is 0.238 e. The number of halogens is 1. The number of fused-ring (bicyclic) bond motifs is 1. The second-order valence-corrected chi connectivity index (χ2v) is 7.76. The molecule has 2 N–H and O–H groups in total. The number of benzene rings is 2. The van der Waals surface area contributed by atoms with Crippen molar-refractivity contribution < 1.29 is 14.3 Å². The van der Waals surface area contributed by atoms with Crippen molar-refractivity contribution in [2.75, 3.05) is 12.4 Å². The average molecular weight is 391 g/mol. The van der Waals surface area contributed by atoms with E-state index < -0.39 is 5.25 Å². The smallest absolute Gasteiger partial charge is 0.238 e. The summed E-state index contributed by atoms with van der Waals surface area (Å²) in [6.45, 7) is 2.36. The standard InChI is InChI=1S/C19H19ClN2O3S/c1-11-5-12(7-14(6-11)25-2)10-21-18(23)9-17-19(24)22-15-8-13(20)3-4-16(15)26-17/h3-8,17H,9-10H2,1-2H3,(H,21,23)(H,22,24). The summed E-state index contributed by atoms with van der Waals surface area (Å²) in [4.78, 5) is 25.4. The van der Waals surface area contributed by atoms with Crippen molar-refractivity contribution in [3.8, 4) is 5.75 Å². The molecule has 7 heteroatoms. The first-order valence-electron chi connectivity index (χ1n) is 8.13. The summed E-state index contributed by atoms with van der Waals surface area (Å²) in [6, 6.07) is 11.1. The number of aryl methyl sites for hydroxylation is 1. The van der Waals surface area contributed by atoms with Crippen LogP contribution in [0.15, 0.2) is 41.3 Å². The van der Waals surface area contributed by atoms with E-state index in [9.17, 15) is 9.59 Å². The van der Waals surface area contributed by atoms with E-state index in [4.69, 9.17) is 16.3 Å². The molecule has 5 nitrogen and oxygen atoms in total. The molecule has 0 aliphatic carbocycles. The van der Waals surface area contributed by atoms with Crippen molar-refractivity contribution in [2.24, 2.45) is 0 Å². The van der Waals surface area contributed by atoms with Crippen LogP contribution in [-0.2, 0) is 16.1 Å². The average Bonchev–Trinajstić information content (AvgIpc) is 2.60. The van der Waals surface area contributed by atoms with Crippen LogP contribution in [0.5, 0.6) is 5.75 Å². The summed E-state index contributed by atoms with van der Waals surface area (Å²) < 4.78 is 5.24. The third-order valence-electron chi connectivity index (χ3n) is 3.97. The van der Waals surface area contributed by atoms with Gasteiger partial charge < -0.3 is 15.4 Å². The molecule has 1 unspecified atom stereocenters. The number of methoxy groups -OCH3 is 1. The Labute approximate surface area is 161 Å². The number of nitrogens with one attached hydrogen (secondary N) is 2.